The zero-order valence-electron chi connectivity index (χ0n) is 31.0. The number of sulfone groups is 1. The van der Waals surface area contributed by atoms with Gasteiger partial charge in [0, 0.05) is 25.7 Å². The van der Waals surface area contributed by atoms with Crippen molar-refractivity contribution in [1.29, 1.82) is 0 Å². The molecule has 0 unspecified atom stereocenters. The first-order valence-corrected chi connectivity index (χ1v) is 21.6. The van der Waals surface area contributed by atoms with E-state index in [9.17, 15) is 28.2 Å². The SMILES string of the molecule is CCCC[C@H](NC(=O)[C@H](Cc1cccc2ccccc12)CS(=O)(=O)C[C@@H]1CCCN1)C(=O)N[C@@H](CC1CCCCC1)[C@@H](O)[C@@H](O)CN1CCOCC1. The lowest BCUT2D eigenvalue weighted by Gasteiger charge is -2.35. The fraction of sp³-hybridized carbons (Fsp3) is 0.700. The number of aliphatic hydroxyl groups excluding tert-OH is 2. The van der Waals surface area contributed by atoms with Crippen LogP contribution in [0.25, 0.3) is 10.8 Å². The second kappa shape index (κ2) is 20.2. The number of rotatable bonds is 19. The number of nitrogens with one attached hydrogen (secondary N) is 3. The fourth-order valence-electron chi connectivity index (χ4n) is 8.28. The van der Waals surface area contributed by atoms with Gasteiger partial charge in [-0.25, -0.2) is 8.42 Å². The summed E-state index contributed by atoms with van der Waals surface area (Å²) in [4.78, 5) is 30.5. The molecule has 2 aliphatic heterocycles. The van der Waals surface area contributed by atoms with Gasteiger partial charge in [-0.3, -0.25) is 14.5 Å². The molecule has 12 heteroatoms. The minimum Gasteiger partial charge on any atom is -0.389 e. The lowest BCUT2D eigenvalue weighted by molar-refractivity contribution is -0.132. The molecule has 2 saturated heterocycles. The standard InChI is InChI=1S/C40H62N4O7S/c1-2-3-18-35(40(48)43-36(24-29-11-5-4-6-12-29)38(46)37(45)26-44-20-22-51-23-21-44)42-39(47)32(27-52(49,50)28-33-16-10-19-41-33)25-31-15-9-14-30-13-7-8-17-34(30)31/h7-9,13-15,17,29,32-33,35-38,41,45-46H,2-6,10-12,16,18-28H2,1H3,(H,42,47)(H,43,48)/t32-,33+,35+,36+,37+,38-/m1/s1. The van der Waals surface area contributed by atoms with Gasteiger partial charge in [0.25, 0.3) is 0 Å². The highest BCUT2D eigenvalue weighted by molar-refractivity contribution is 7.91. The lowest BCUT2D eigenvalue weighted by Crippen LogP contribution is -2.57. The van der Waals surface area contributed by atoms with E-state index in [-0.39, 0.29) is 30.5 Å². The maximum absolute atomic E-state index is 14.3. The minimum atomic E-state index is -3.62. The summed E-state index contributed by atoms with van der Waals surface area (Å²) in [5.41, 5.74) is 0.881. The number of aliphatic hydroxyl groups is 2. The molecule has 2 heterocycles. The lowest BCUT2D eigenvalue weighted by atomic mass is 9.83. The van der Waals surface area contributed by atoms with Crippen LogP contribution in [0.1, 0.15) is 83.1 Å². The molecule has 290 valence electrons. The highest BCUT2D eigenvalue weighted by atomic mass is 32.2. The number of hydrogen-bond donors (Lipinski definition) is 5. The maximum atomic E-state index is 14.3. The Hall–Kier alpha value is -2.61. The molecule has 11 nitrogen and oxygen atoms in total. The summed E-state index contributed by atoms with van der Waals surface area (Å²) in [6.45, 7) is 5.56. The van der Waals surface area contributed by atoms with E-state index in [1.807, 2.05) is 49.4 Å². The molecule has 2 aromatic rings. The topological polar surface area (TPSA) is 157 Å². The average Bonchev–Trinajstić information content (AvgIpc) is 3.65. The maximum Gasteiger partial charge on any atom is 0.242 e. The minimum absolute atomic E-state index is 0.0282. The van der Waals surface area contributed by atoms with E-state index >= 15 is 0 Å². The van der Waals surface area contributed by atoms with E-state index < -0.39 is 51.9 Å². The molecular formula is C40H62N4O7S. The van der Waals surface area contributed by atoms with Gasteiger partial charge in [-0.2, -0.15) is 0 Å². The van der Waals surface area contributed by atoms with E-state index in [1.165, 1.54) is 6.42 Å². The van der Waals surface area contributed by atoms with Crippen molar-refractivity contribution in [1.82, 2.24) is 20.9 Å². The zero-order chi connectivity index (χ0) is 36.9. The van der Waals surface area contributed by atoms with Crippen LogP contribution in [0.5, 0.6) is 0 Å². The summed E-state index contributed by atoms with van der Waals surface area (Å²) in [5.74, 6) is -1.82. The monoisotopic (exact) mass is 742 g/mol. The van der Waals surface area contributed by atoms with Crippen LogP contribution < -0.4 is 16.0 Å². The summed E-state index contributed by atoms with van der Waals surface area (Å²) in [7, 11) is -3.62. The number of ether oxygens (including phenoxy) is 1. The Labute approximate surface area is 310 Å². The molecule has 3 aliphatic rings. The molecule has 5 N–H and O–H groups in total. The molecule has 52 heavy (non-hydrogen) atoms. The third-order valence-electron chi connectivity index (χ3n) is 11.3. The molecule has 5 rings (SSSR count). The van der Waals surface area contributed by atoms with Crippen LogP contribution in [0.3, 0.4) is 0 Å². The molecule has 0 bridgehead atoms. The second-order valence-corrected chi connectivity index (χ2v) is 17.6. The first kappa shape index (κ1) is 40.6. The molecular weight excluding hydrogens is 681 g/mol. The molecule has 1 aliphatic carbocycles. The predicted octanol–water partition coefficient (Wildman–Crippen LogP) is 3.35. The third-order valence-corrected chi connectivity index (χ3v) is 13.1. The van der Waals surface area contributed by atoms with Crippen molar-refractivity contribution in [2.75, 3.05) is 50.9 Å². The Morgan fingerprint density at radius 3 is 2.44 bits per heavy atom. The Morgan fingerprint density at radius 1 is 0.962 bits per heavy atom. The Kier molecular flexibility index (Phi) is 15.7. The van der Waals surface area contributed by atoms with E-state index in [0.717, 1.165) is 67.8 Å². The summed E-state index contributed by atoms with van der Waals surface area (Å²) in [5, 5.41) is 34.0. The van der Waals surface area contributed by atoms with E-state index in [4.69, 9.17) is 4.74 Å². The summed E-state index contributed by atoms with van der Waals surface area (Å²) in [6, 6.07) is 12.0. The largest absolute Gasteiger partial charge is 0.389 e. The molecule has 0 aromatic heterocycles. The van der Waals surface area contributed by atoms with Crippen molar-refractivity contribution in [2.24, 2.45) is 11.8 Å². The fourth-order valence-corrected chi connectivity index (χ4v) is 10.2. The van der Waals surface area contributed by atoms with Gasteiger partial charge in [-0.1, -0.05) is 94.3 Å². The third kappa shape index (κ3) is 12.2. The number of unbranched alkanes of at least 4 members (excludes halogenated alkanes) is 1. The van der Waals surface area contributed by atoms with E-state index in [0.29, 0.717) is 51.5 Å². The quantitative estimate of drug-likeness (QED) is 0.146. The van der Waals surface area contributed by atoms with Crippen molar-refractivity contribution in [3.8, 4) is 0 Å². The number of amides is 2. The van der Waals surface area contributed by atoms with Gasteiger partial charge in [0.1, 0.15) is 12.1 Å². The first-order valence-electron chi connectivity index (χ1n) is 19.8. The van der Waals surface area contributed by atoms with Gasteiger partial charge in [0.2, 0.25) is 11.8 Å². The van der Waals surface area contributed by atoms with Gasteiger partial charge < -0.3 is 30.9 Å². The van der Waals surface area contributed by atoms with Crippen LogP contribution in [0.4, 0.5) is 0 Å². The summed E-state index contributed by atoms with van der Waals surface area (Å²) >= 11 is 0. The molecule has 3 fully saturated rings. The summed E-state index contributed by atoms with van der Waals surface area (Å²) in [6.07, 6.45) is 7.45. The van der Waals surface area contributed by atoms with Crippen molar-refractivity contribution in [3.05, 3.63) is 48.0 Å². The second-order valence-electron chi connectivity index (χ2n) is 15.4. The van der Waals surface area contributed by atoms with Crippen LogP contribution >= 0.6 is 0 Å². The molecule has 2 aromatic carbocycles. The molecule has 2 amide bonds. The number of carbonyl (C=O) groups is 2. The normalized spacial score (nSPS) is 22.0. The predicted molar refractivity (Wildman–Crippen MR) is 205 cm³/mol. The average molecular weight is 743 g/mol. The summed E-state index contributed by atoms with van der Waals surface area (Å²) < 4.78 is 32.6. The van der Waals surface area contributed by atoms with Crippen molar-refractivity contribution in [3.63, 3.8) is 0 Å². The van der Waals surface area contributed by atoms with Crippen molar-refractivity contribution in [2.45, 2.75) is 114 Å². The van der Waals surface area contributed by atoms with Gasteiger partial charge >= 0.3 is 0 Å². The van der Waals surface area contributed by atoms with Crippen LogP contribution in [0, 0.1) is 11.8 Å². The number of fused-ring (bicyclic) bond motifs is 1. The number of hydrogen-bond acceptors (Lipinski definition) is 9. The highest BCUT2D eigenvalue weighted by Crippen LogP contribution is 2.29. The first-order chi connectivity index (χ1) is 25.1. The molecule has 0 radical (unpaired) electrons. The molecule has 6 atom stereocenters. The zero-order valence-corrected chi connectivity index (χ0v) is 31.8. The number of benzene rings is 2. The number of carbonyl (C=O) groups excluding carboxylic acids is 2. The number of morpholine rings is 1. The van der Waals surface area contributed by atoms with Crippen LogP contribution in [0.2, 0.25) is 0 Å². The van der Waals surface area contributed by atoms with E-state index in [2.05, 4.69) is 20.9 Å². The smallest absolute Gasteiger partial charge is 0.242 e. The van der Waals surface area contributed by atoms with Gasteiger partial charge in [0.05, 0.1) is 42.8 Å². The van der Waals surface area contributed by atoms with Crippen LogP contribution in [0.15, 0.2) is 42.5 Å². The van der Waals surface area contributed by atoms with Gasteiger partial charge in [0.15, 0.2) is 9.84 Å². The van der Waals surface area contributed by atoms with Gasteiger partial charge in [-0.15, -0.1) is 0 Å². The van der Waals surface area contributed by atoms with Crippen molar-refractivity contribution >= 4 is 32.4 Å². The highest BCUT2D eigenvalue weighted by Gasteiger charge is 2.35. The molecule has 1 saturated carbocycles. The van der Waals surface area contributed by atoms with Gasteiger partial charge in [-0.05, 0) is 60.9 Å². The van der Waals surface area contributed by atoms with Crippen molar-refractivity contribution < 1.29 is 33.0 Å². The Morgan fingerprint density at radius 2 is 1.71 bits per heavy atom. The van der Waals surface area contributed by atoms with Crippen LogP contribution in [-0.4, -0.2) is 117 Å². The van der Waals surface area contributed by atoms with E-state index in [1.54, 1.807) is 0 Å². The number of β-amino-alcohol motifs (C(OH)–C–C–N with tert-alkyl or cyclic N) is 1. The Balaban J connectivity index is 1.34. The van der Waals surface area contributed by atoms with Crippen LogP contribution in [-0.2, 0) is 30.6 Å². The molecule has 0 spiro atoms. The number of nitrogens with zero attached hydrogens (tertiary/aromatic N) is 1. The Bertz CT molecular complexity index is 1520.